The lowest BCUT2D eigenvalue weighted by Crippen LogP contribution is -2.06. The first-order chi connectivity index (χ1) is 10.8. The lowest BCUT2D eigenvalue weighted by Gasteiger charge is -2.05. The first-order valence-electron chi connectivity index (χ1n) is 6.04. The monoisotopic (exact) mass is 379 g/mol. The number of hydrogen-bond acceptors (Lipinski definition) is 5. The first-order valence-corrected chi connectivity index (χ1v) is 7.68. The van der Waals surface area contributed by atoms with Crippen LogP contribution in [0.15, 0.2) is 24.1 Å². The van der Waals surface area contributed by atoms with Crippen molar-refractivity contribution in [1.29, 1.82) is 0 Å². The Hall–Kier alpha value is -1.71. The van der Waals surface area contributed by atoms with Crippen molar-refractivity contribution in [2.24, 2.45) is 0 Å². The zero-order chi connectivity index (χ0) is 16.6. The highest BCUT2D eigenvalue weighted by Gasteiger charge is 2.35. The summed E-state index contributed by atoms with van der Waals surface area (Å²) in [6.07, 6.45) is -0.947. The summed E-state index contributed by atoms with van der Waals surface area (Å²) in [4.78, 5) is 15.8. The lowest BCUT2D eigenvalue weighted by atomic mass is 10.4. The predicted octanol–water partition coefficient (Wildman–Crippen LogP) is 4.17. The molecular weight excluding hydrogens is 374 g/mol. The maximum atomic E-state index is 12.9. The molecular formula is C12H6Cl2F3N5S. The molecule has 0 amide bonds. The molecule has 0 radical (unpaired) electrons. The number of hydrogen-bond donors (Lipinski definition) is 0. The minimum absolute atomic E-state index is 0.0101. The van der Waals surface area contributed by atoms with Crippen molar-refractivity contribution in [1.82, 2.24) is 24.5 Å². The zero-order valence-electron chi connectivity index (χ0n) is 11.1. The van der Waals surface area contributed by atoms with Crippen LogP contribution in [0.1, 0.15) is 11.5 Å². The van der Waals surface area contributed by atoms with Crippen LogP contribution in [0.3, 0.4) is 0 Å². The highest BCUT2D eigenvalue weighted by molar-refractivity contribution is 7.13. The molecule has 11 heteroatoms. The molecule has 0 aliphatic carbocycles. The molecule has 23 heavy (non-hydrogen) atoms. The van der Waals surface area contributed by atoms with Crippen molar-refractivity contribution in [2.75, 3.05) is 0 Å². The van der Waals surface area contributed by atoms with E-state index in [9.17, 15) is 13.2 Å². The Labute approximate surface area is 141 Å². The fraction of sp³-hybridized carbons (Fsp3) is 0.167. The smallest absolute Gasteiger partial charge is 0.322 e. The number of aromatic nitrogens is 5. The third-order valence-corrected chi connectivity index (χ3v) is 4.20. The van der Waals surface area contributed by atoms with Crippen LogP contribution in [-0.2, 0) is 12.7 Å². The van der Waals surface area contributed by atoms with Crippen molar-refractivity contribution < 1.29 is 13.2 Å². The summed E-state index contributed by atoms with van der Waals surface area (Å²) in [6.45, 7) is -0.0101. The van der Waals surface area contributed by atoms with Gasteiger partial charge in [0.05, 0.1) is 17.1 Å². The van der Waals surface area contributed by atoms with E-state index in [0.29, 0.717) is 15.7 Å². The number of rotatable bonds is 3. The van der Waals surface area contributed by atoms with Crippen LogP contribution in [0.2, 0.25) is 10.2 Å². The number of nitrogens with zero attached hydrogens (tertiary/aromatic N) is 5. The summed E-state index contributed by atoms with van der Waals surface area (Å²) in [5.74, 6) is 0.353. The van der Waals surface area contributed by atoms with Gasteiger partial charge in [-0.15, -0.1) is 11.3 Å². The molecule has 0 aliphatic heterocycles. The molecule has 0 saturated carbocycles. The number of halogens is 5. The van der Waals surface area contributed by atoms with Gasteiger partial charge in [0.15, 0.2) is 16.7 Å². The third-order valence-electron chi connectivity index (χ3n) is 2.78. The quantitative estimate of drug-likeness (QED) is 0.685. The van der Waals surface area contributed by atoms with Crippen LogP contribution in [0, 0.1) is 0 Å². The summed E-state index contributed by atoms with van der Waals surface area (Å²) in [6, 6.07) is 0. The molecule has 3 heterocycles. The maximum Gasteiger partial charge on any atom is 0.434 e. The van der Waals surface area contributed by atoms with Gasteiger partial charge in [-0.2, -0.15) is 13.2 Å². The number of alkyl halides is 3. The van der Waals surface area contributed by atoms with Crippen molar-refractivity contribution in [3.63, 3.8) is 0 Å². The van der Waals surface area contributed by atoms with E-state index in [1.165, 1.54) is 22.5 Å². The Bertz CT molecular complexity index is 828. The average molecular weight is 380 g/mol. The van der Waals surface area contributed by atoms with Gasteiger partial charge in [0.25, 0.3) is 0 Å². The van der Waals surface area contributed by atoms with E-state index in [0.717, 1.165) is 17.5 Å². The Morgan fingerprint density at radius 1 is 1.13 bits per heavy atom. The molecule has 0 saturated heterocycles. The molecule has 120 valence electrons. The van der Waals surface area contributed by atoms with Gasteiger partial charge in [-0.1, -0.05) is 23.2 Å². The summed E-state index contributed by atoms with van der Waals surface area (Å²) in [5, 5.41) is 0.425. The molecule has 0 bridgehead atoms. The fourth-order valence-corrected chi connectivity index (χ4v) is 2.91. The van der Waals surface area contributed by atoms with Gasteiger partial charge in [-0.05, 0) is 0 Å². The summed E-state index contributed by atoms with van der Waals surface area (Å²) < 4.78 is 40.1. The summed E-state index contributed by atoms with van der Waals surface area (Å²) in [5.41, 5.74) is 0.411. The molecule has 0 unspecified atom stereocenters. The number of imidazole rings is 1. The maximum absolute atomic E-state index is 12.9. The average Bonchev–Trinajstić information content (AvgIpc) is 3.07. The summed E-state index contributed by atoms with van der Waals surface area (Å²) in [7, 11) is 0. The third kappa shape index (κ3) is 3.46. The van der Waals surface area contributed by atoms with E-state index in [4.69, 9.17) is 23.2 Å². The molecule has 3 aromatic heterocycles. The molecule has 0 fully saturated rings. The molecule has 3 aromatic rings. The lowest BCUT2D eigenvalue weighted by molar-refractivity contribution is -0.140. The normalized spacial score (nSPS) is 11.9. The van der Waals surface area contributed by atoms with Crippen molar-refractivity contribution in [3.05, 3.63) is 45.8 Å². The highest BCUT2D eigenvalue weighted by Crippen LogP contribution is 2.35. The zero-order valence-corrected chi connectivity index (χ0v) is 13.4. The Morgan fingerprint density at radius 2 is 1.83 bits per heavy atom. The Balaban J connectivity index is 2.05. The van der Waals surface area contributed by atoms with Gasteiger partial charge in [-0.25, -0.2) is 19.9 Å². The van der Waals surface area contributed by atoms with E-state index < -0.39 is 11.9 Å². The fourth-order valence-electron chi connectivity index (χ4n) is 1.80. The van der Waals surface area contributed by atoms with Gasteiger partial charge in [0.2, 0.25) is 0 Å². The van der Waals surface area contributed by atoms with Gasteiger partial charge in [0.1, 0.15) is 10.7 Å². The molecule has 0 spiro atoms. The van der Waals surface area contributed by atoms with E-state index in [1.807, 2.05) is 0 Å². The van der Waals surface area contributed by atoms with Crippen molar-refractivity contribution >= 4 is 34.5 Å². The Kier molecular flexibility index (Phi) is 4.26. The van der Waals surface area contributed by atoms with E-state index >= 15 is 0 Å². The van der Waals surface area contributed by atoms with E-state index in [-0.39, 0.29) is 17.5 Å². The van der Waals surface area contributed by atoms with E-state index in [2.05, 4.69) is 19.9 Å². The minimum Gasteiger partial charge on any atom is -0.322 e. The van der Waals surface area contributed by atoms with Crippen molar-refractivity contribution in [2.45, 2.75) is 12.7 Å². The van der Waals surface area contributed by atoms with Gasteiger partial charge >= 0.3 is 6.18 Å². The minimum atomic E-state index is -4.57. The van der Waals surface area contributed by atoms with Crippen molar-refractivity contribution in [3.8, 4) is 10.7 Å². The first kappa shape index (κ1) is 16.2. The second kappa shape index (κ2) is 6.06. The second-order valence-electron chi connectivity index (χ2n) is 4.37. The molecule has 3 rings (SSSR count). The van der Waals surface area contributed by atoms with Crippen LogP contribution in [0.4, 0.5) is 13.2 Å². The topological polar surface area (TPSA) is 56.5 Å². The Morgan fingerprint density at radius 3 is 2.39 bits per heavy atom. The SMILES string of the molecule is FC(F)(F)c1cn(Cc2ncc(Cl)cn2)c(-c2scnc2Cl)n1. The van der Waals surface area contributed by atoms with Crippen LogP contribution >= 0.6 is 34.5 Å². The largest absolute Gasteiger partial charge is 0.434 e. The predicted molar refractivity (Wildman–Crippen MR) is 79.5 cm³/mol. The van der Waals surface area contributed by atoms with Gasteiger partial charge < -0.3 is 4.57 Å². The molecule has 0 atom stereocenters. The molecule has 0 N–H and O–H groups in total. The second-order valence-corrected chi connectivity index (χ2v) is 6.01. The van der Waals surface area contributed by atoms with Crippen LogP contribution < -0.4 is 0 Å². The van der Waals surface area contributed by atoms with Crippen LogP contribution in [0.25, 0.3) is 10.7 Å². The van der Waals surface area contributed by atoms with Gasteiger partial charge in [-0.3, -0.25) is 0 Å². The van der Waals surface area contributed by atoms with E-state index in [1.54, 1.807) is 0 Å². The molecule has 0 aliphatic rings. The van der Waals surface area contributed by atoms with Crippen LogP contribution in [0.5, 0.6) is 0 Å². The molecule has 0 aromatic carbocycles. The number of thiazole rings is 1. The van der Waals surface area contributed by atoms with Crippen LogP contribution in [-0.4, -0.2) is 24.5 Å². The molecule has 5 nitrogen and oxygen atoms in total. The summed E-state index contributed by atoms with van der Waals surface area (Å²) >= 11 is 12.7. The highest BCUT2D eigenvalue weighted by atomic mass is 35.5. The van der Waals surface area contributed by atoms with Gasteiger partial charge in [0, 0.05) is 18.6 Å². The standard InChI is InChI=1S/C12H6Cl2F3N5S/c13-6-1-18-8(19-2-6)4-22-3-7(12(15,16)17)21-11(22)9-10(14)20-5-23-9/h1-3,5H,4H2.